The molecule has 0 heterocycles. The smallest absolute Gasteiger partial charge is 0.547 e. The molecule has 0 aliphatic rings. The van der Waals surface area contributed by atoms with Crippen LogP contribution in [0.4, 0.5) is 0 Å². The summed E-state index contributed by atoms with van der Waals surface area (Å²) in [5.41, 5.74) is -2.43. The average Bonchev–Trinajstić information content (AvgIpc) is 2.01. The number of hydrogen-bond donors (Lipinski definition) is 4. The van der Waals surface area contributed by atoms with Gasteiger partial charge in [-0.1, -0.05) is 0 Å². The van der Waals surface area contributed by atoms with E-state index in [9.17, 15) is 9.90 Å². The first-order chi connectivity index (χ1) is 4.98. The molecule has 0 rings (SSSR count). The number of carboxylic acid groups (broad SMARTS) is 1. The third kappa shape index (κ3) is 3.77. The maximum absolute atomic E-state index is 9.92. The van der Waals surface area contributed by atoms with Crippen molar-refractivity contribution in [3.63, 3.8) is 0 Å². The first kappa shape index (κ1) is 15.4. The van der Waals surface area contributed by atoms with Crippen LogP contribution in [0.2, 0.25) is 0 Å². The van der Waals surface area contributed by atoms with E-state index in [4.69, 9.17) is 20.4 Å². The van der Waals surface area contributed by atoms with Crippen LogP contribution in [0.3, 0.4) is 0 Å². The summed E-state index contributed by atoms with van der Waals surface area (Å²) in [5.74, 6) is -1.95. The fourth-order valence-electron chi connectivity index (χ4n) is 0.442. The first-order valence-electron chi connectivity index (χ1n) is 2.81. The summed E-state index contributed by atoms with van der Waals surface area (Å²) < 4.78 is 0. The molecule has 6 nitrogen and oxygen atoms in total. The number of aliphatic carboxylic acids is 1. The second-order valence-electron chi connectivity index (χ2n) is 2.14. The molecule has 66 valence electrons. The van der Waals surface area contributed by atoms with Crippen LogP contribution < -0.4 is 56.5 Å². The van der Waals surface area contributed by atoms with Crippen molar-refractivity contribution >= 4 is 5.97 Å². The molecule has 12 heavy (non-hydrogen) atoms. The van der Waals surface area contributed by atoms with E-state index in [1.807, 2.05) is 0 Å². The standard InChI is InChI=1S/C5H10O6.K/c6-1-5(11,2-7)3(8)4(9)10;/h3,6-8,11H,1-2H2,(H,9,10);/q;+1/p-1/t3-;/m1./s1. The van der Waals surface area contributed by atoms with E-state index < -0.39 is 30.9 Å². The van der Waals surface area contributed by atoms with Crippen molar-refractivity contribution in [1.82, 2.24) is 0 Å². The van der Waals surface area contributed by atoms with E-state index in [1.165, 1.54) is 0 Å². The van der Waals surface area contributed by atoms with Crippen LogP contribution in [-0.2, 0) is 4.79 Å². The number of carbonyl (C=O) groups excluding carboxylic acids is 1. The summed E-state index contributed by atoms with van der Waals surface area (Å²) in [6.07, 6.45) is -2.29. The van der Waals surface area contributed by atoms with Crippen LogP contribution in [0.25, 0.3) is 0 Å². The molecule has 0 unspecified atom stereocenters. The number of carboxylic acids is 1. The summed E-state index contributed by atoms with van der Waals surface area (Å²) in [7, 11) is 0. The predicted octanol–water partition coefficient (Wildman–Crippen LogP) is -7.18. The van der Waals surface area contributed by atoms with Gasteiger partial charge in [0.15, 0.2) is 0 Å². The van der Waals surface area contributed by atoms with Gasteiger partial charge in [-0.15, -0.1) is 0 Å². The molecule has 1 atom stereocenters. The Balaban J connectivity index is 0. The van der Waals surface area contributed by atoms with Gasteiger partial charge in [0, 0.05) is 0 Å². The Kier molecular flexibility index (Phi) is 8.23. The Labute approximate surface area is 111 Å². The van der Waals surface area contributed by atoms with E-state index in [0.717, 1.165) is 0 Å². The molecule has 0 aliphatic carbocycles. The Hall–Kier alpha value is 0.946. The fraction of sp³-hybridized carbons (Fsp3) is 0.800. The molecular weight excluding hydrogens is 195 g/mol. The summed E-state index contributed by atoms with van der Waals surface area (Å²) >= 11 is 0. The van der Waals surface area contributed by atoms with Crippen LogP contribution in [-0.4, -0.2) is 51.3 Å². The van der Waals surface area contributed by atoms with Gasteiger partial charge in [0.1, 0.15) is 11.7 Å². The van der Waals surface area contributed by atoms with Gasteiger partial charge in [-0.05, 0) is 0 Å². The SMILES string of the molecule is O=C([O-])[C@@H](O)C(O)(CO)CO.[K+]. The zero-order chi connectivity index (χ0) is 9.07. The third-order valence-corrected chi connectivity index (χ3v) is 1.28. The molecule has 0 amide bonds. The van der Waals surface area contributed by atoms with Gasteiger partial charge in [0.05, 0.1) is 19.2 Å². The maximum Gasteiger partial charge on any atom is 1.00 e. The zero-order valence-electron chi connectivity index (χ0n) is 6.60. The van der Waals surface area contributed by atoms with Crippen LogP contribution in [0.15, 0.2) is 0 Å². The van der Waals surface area contributed by atoms with Gasteiger partial charge in [-0.3, -0.25) is 0 Å². The molecular formula is C5H9KO6. The minimum absolute atomic E-state index is 0. The van der Waals surface area contributed by atoms with Crippen LogP contribution in [0, 0.1) is 0 Å². The van der Waals surface area contributed by atoms with E-state index >= 15 is 0 Å². The number of hydrogen-bond acceptors (Lipinski definition) is 6. The number of rotatable bonds is 4. The van der Waals surface area contributed by atoms with Gasteiger partial charge in [0.2, 0.25) is 0 Å². The first-order valence-corrected chi connectivity index (χ1v) is 2.81. The minimum Gasteiger partial charge on any atom is -0.547 e. The Morgan fingerprint density at radius 2 is 1.75 bits per heavy atom. The normalized spacial score (nSPS) is 13.3. The zero-order valence-corrected chi connectivity index (χ0v) is 9.72. The third-order valence-electron chi connectivity index (χ3n) is 1.28. The van der Waals surface area contributed by atoms with Crippen molar-refractivity contribution in [2.24, 2.45) is 0 Å². The number of carbonyl (C=O) groups is 1. The van der Waals surface area contributed by atoms with Gasteiger partial charge >= 0.3 is 51.4 Å². The molecule has 0 radical (unpaired) electrons. The number of aliphatic hydroxyl groups is 4. The summed E-state index contributed by atoms with van der Waals surface area (Å²) in [4.78, 5) is 9.92. The molecule has 0 aliphatic heterocycles. The molecule has 0 aromatic rings. The van der Waals surface area contributed by atoms with Crippen molar-refractivity contribution in [3.8, 4) is 0 Å². The quantitative estimate of drug-likeness (QED) is 0.338. The summed E-state index contributed by atoms with van der Waals surface area (Å²) in [5, 5.41) is 44.1. The van der Waals surface area contributed by atoms with E-state index in [1.54, 1.807) is 0 Å². The van der Waals surface area contributed by atoms with Crippen molar-refractivity contribution in [2.45, 2.75) is 11.7 Å². The summed E-state index contributed by atoms with van der Waals surface area (Å²) in [6, 6.07) is 0. The molecule has 0 fully saturated rings. The largest absolute Gasteiger partial charge is 1.00 e. The van der Waals surface area contributed by atoms with Crippen LogP contribution in [0.1, 0.15) is 0 Å². The average molecular weight is 204 g/mol. The van der Waals surface area contributed by atoms with E-state index in [0.29, 0.717) is 0 Å². The Morgan fingerprint density at radius 3 is 1.83 bits per heavy atom. The van der Waals surface area contributed by atoms with Gasteiger partial charge in [-0.25, -0.2) is 0 Å². The Bertz CT molecular complexity index is 145. The fourth-order valence-corrected chi connectivity index (χ4v) is 0.442. The van der Waals surface area contributed by atoms with Crippen LogP contribution >= 0.6 is 0 Å². The second-order valence-corrected chi connectivity index (χ2v) is 2.14. The second kappa shape index (κ2) is 6.41. The maximum atomic E-state index is 9.92. The van der Waals surface area contributed by atoms with E-state index in [2.05, 4.69) is 0 Å². The Morgan fingerprint density at radius 1 is 1.42 bits per heavy atom. The molecule has 0 saturated heterocycles. The molecule has 0 bridgehead atoms. The van der Waals surface area contributed by atoms with Gasteiger partial charge in [0.25, 0.3) is 0 Å². The van der Waals surface area contributed by atoms with Gasteiger partial charge in [-0.2, -0.15) is 0 Å². The van der Waals surface area contributed by atoms with Crippen LogP contribution in [0.5, 0.6) is 0 Å². The van der Waals surface area contributed by atoms with E-state index in [-0.39, 0.29) is 51.4 Å². The summed E-state index contributed by atoms with van der Waals surface area (Å²) in [6.45, 7) is -2.11. The minimum atomic E-state index is -2.43. The monoisotopic (exact) mass is 204 g/mol. The van der Waals surface area contributed by atoms with Crippen molar-refractivity contribution in [2.75, 3.05) is 13.2 Å². The predicted molar refractivity (Wildman–Crippen MR) is 30.1 cm³/mol. The molecule has 0 saturated carbocycles. The van der Waals surface area contributed by atoms with Crippen molar-refractivity contribution < 1.29 is 81.7 Å². The molecule has 0 aromatic carbocycles. The topological polar surface area (TPSA) is 121 Å². The molecule has 7 heteroatoms. The van der Waals surface area contributed by atoms with Crippen molar-refractivity contribution in [1.29, 1.82) is 0 Å². The van der Waals surface area contributed by atoms with Gasteiger partial charge < -0.3 is 30.3 Å². The number of aliphatic hydroxyl groups excluding tert-OH is 3. The molecule has 4 N–H and O–H groups in total. The molecule has 0 spiro atoms. The molecule has 0 aromatic heterocycles. The van der Waals surface area contributed by atoms with Crippen molar-refractivity contribution in [3.05, 3.63) is 0 Å².